The van der Waals surface area contributed by atoms with Gasteiger partial charge in [-0.1, -0.05) is 6.07 Å². The van der Waals surface area contributed by atoms with Crippen LogP contribution in [-0.2, 0) is 25.4 Å². The monoisotopic (exact) mass is 617 g/mol. The average molecular weight is 618 g/mol. The highest BCUT2D eigenvalue weighted by Gasteiger charge is 2.54. The van der Waals surface area contributed by atoms with Crippen molar-refractivity contribution in [2.45, 2.75) is 116 Å². The number of nitriles is 1. The molecule has 9 nitrogen and oxygen atoms in total. The van der Waals surface area contributed by atoms with Crippen LogP contribution in [0.2, 0.25) is 0 Å². The lowest BCUT2D eigenvalue weighted by Gasteiger charge is -2.32. The van der Waals surface area contributed by atoms with Crippen LogP contribution in [0.15, 0.2) is 30.5 Å². The molecule has 3 heterocycles. The third kappa shape index (κ3) is 9.02. The van der Waals surface area contributed by atoms with Crippen molar-refractivity contribution in [3.8, 4) is 17.3 Å². The number of nitrogens with zero attached hydrogens (tertiary/aromatic N) is 3. The summed E-state index contributed by atoms with van der Waals surface area (Å²) in [4.78, 5) is 22.3. The molecule has 2 aromatic rings. The molecular formula is C36H51N5O4. The molecule has 5 rings (SSSR count). The van der Waals surface area contributed by atoms with Crippen LogP contribution in [-0.4, -0.2) is 65.6 Å². The number of carbonyl (C=O) groups is 1. The van der Waals surface area contributed by atoms with Gasteiger partial charge in [-0.25, -0.2) is 9.78 Å². The zero-order valence-electron chi connectivity index (χ0n) is 27.8. The maximum Gasteiger partial charge on any atom is 0.338 e. The van der Waals surface area contributed by atoms with E-state index in [9.17, 15) is 10.1 Å². The molecule has 0 radical (unpaired) electrons. The highest BCUT2D eigenvalue weighted by molar-refractivity contribution is 5.83. The number of aromatic nitrogens is 2. The van der Waals surface area contributed by atoms with Gasteiger partial charge in [0.15, 0.2) is 5.60 Å². The number of hydrogen-bond donors (Lipinski definition) is 2. The fraction of sp³-hybridized carbons (Fsp3) is 0.667. The second-order valence-electron chi connectivity index (χ2n) is 14.6. The van der Waals surface area contributed by atoms with Gasteiger partial charge >= 0.3 is 5.97 Å². The van der Waals surface area contributed by atoms with E-state index in [1.165, 1.54) is 0 Å². The summed E-state index contributed by atoms with van der Waals surface area (Å²) >= 11 is 0. The van der Waals surface area contributed by atoms with E-state index in [1.807, 2.05) is 45.2 Å². The van der Waals surface area contributed by atoms with Gasteiger partial charge in [0.25, 0.3) is 0 Å². The molecule has 1 aliphatic heterocycles. The summed E-state index contributed by atoms with van der Waals surface area (Å²) in [6.07, 6.45) is 10.4. The number of esters is 1. The quantitative estimate of drug-likeness (QED) is 0.270. The Balaban J connectivity index is 1.10. The molecule has 1 saturated heterocycles. The molecule has 9 heteroatoms. The van der Waals surface area contributed by atoms with E-state index in [0.29, 0.717) is 38.3 Å². The fourth-order valence-corrected chi connectivity index (χ4v) is 6.44. The minimum Gasteiger partial charge on any atom is -0.458 e. The predicted octanol–water partition coefficient (Wildman–Crippen LogP) is 6.15. The molecular weight excluding hydrogens is 566 g/mol. The average Bonchev–Trinajstić information content (AvgIpc) is 3.82. The maximum atomic E-state index is 12.6. The van der Waals surface area contributed by atoms with Crippen LogP contribution in [0.3, 0.4) is 0 Å². The fourth-order valence-electron chi connectivity index (χ4n) is 6.44. The van der Waals surface area contributed by atoms with Crippen LogP contribution >= 0.6 is 0 Å². The van der Waals surface area contributed by atoms with E-state index in [1.54, 1.807) is 0 Å². The number of pyridine rings is 2. The Labute approximate surface area is 268 Å². The number of hydrogen-bond acceptors (Lipinski definition) is 9. The SMILES string of the molecule is Cc1cnc(CC2CCC(N[C@H](C)COC3(C(=O)OC(C)(C)C)CC3)CC2)cc1-c1cccc(NCC2(C#N)CCOCC2)n1. The van der Waals surface area contributed by atoms with Crippen molar-refractivity contribution in [2.75, 3.05) is 31.7 Å². The summed E-state index contributed by atoms with van der Waals surface area (Å²) in [6, 6.07) is 11.4. The third-order valence-corrected chi connectivity index (χ3v) is 9.43. The number of ether oxygens (including phenoxy) is 3. The van der Waals surface area contributed by atoms with Crippen molar-refractivity contribution < 1.29 is 19.0 Å². The largest absolute Gasteiger partial charge is 0.458 e. The summed E-state index contributed by atoms with van der Waals surface area (Å²) in [7, 11) is 0. The normalized spacial score (nSPS) is 23.0. The minimum absolute atomic E-state index is 0.174. The molecule has 2 aromatic heterocycles. The van der Waals surface area contributed by atoms with Crippen molar-refractivity contribution in [3.63, 3.8) is 0 Å². The molecule has 45 heavy (non-hydrogen) atoms. The predicted molar refractivity (Wildman–Crippen MR) is 175 cm³/mol. The number of nitrogens with one attached hydrogen (secondary N) is 2. The first kappa shape index (κ1) is 33.3. The van der Waals surface area contributed by atoms with Gasteiger partial charge in [0, 0.05) is 49.3 Å². The maximum absolute atomic E-state index is 12.6. The van der Waals surface area contributed by atoms with Crippen LogP contribution in [0.25, 0.3) is 11.3 Å². The van der Waals surface area contributed by atoms with Gasteiger partial charge < -0.3 is 24.8 Å². The first-order valence-electron chi connectivity index (χ1n) is 16.8. The molecule has 2 aliphatic carbocycles. The van der Waals surface area contributed by atoms with Gasteiger partial charge in [0.1, 0.15) is 11.4 Å². The molecule has 0 bridgehead atoms. The van der Waals surface area contributed by atoms with Crippen molar-refractivity contribution in [2.24, 2.45) is 11.3 Å². The zero-order chi connectivity index (χ0) is 32.1. The standard InChI is InChI=1S/C36H51N5O4/c1-25-21-38-29(20-30(25)31-7-6-8-32(41-31)39-24-35(23-37)15-17-43-18-16-35)19-27-9-11-28(12-10-27)40-26(2)22-44-36(13-14-36)33(42)45-34(3,4)5/h6-8,20-21,26-28,40H,9-19,22,24H2,1-5H3,(H,39,41)/t26-,27?,28?/m1/s1. The molecule has 0 unspecified atom stereocenters. The number of aryl methyl sites for hydroxylation is 1. The van der Waals surface area contributed by atoms with Crippen molar-refractivity contribution in [1.82, 2.24) is 15.3 Å². The van der Waals surface area contributed by atoms with E-state index in [4.69, 9.17) is 24.2 Å². The van der Waals surface area contributed by atoms with Crippen LogP contribution < -0.4 is 10.6 Å². The van der Waals surface area contributed by atoms with E-state index >= 15 is 0 Å². The molecule has 3 aliphatic rings. The third-order valence-electron chi connectivity index (χ3n) is 9.43. The number of carbonyl (C=O) groups excluding carboxylic acids is 1. The van der Waals surface area contributed by atoms with Gasteiger partial charge in [-0.2, -0.15) is 5.26 Å². The lowest BCUT2D eigenvalue weighted by molar-refractivity contribution is -0.172. The smallest absolute Gasteiger partial charge is 0.338 e. The van der Waals surface area contributed by atoms with E-state index < -0.39 is 16.6 Å². The highest BCUT2D eigenvalue weighted by Crippen LogP contribution is 2.42. The van der Waals surface area contributed by atoms with Crippen molar-refractivity contribution in [3.05, 3.63) is 41.7 Å². The van der Waals surface area contributed by atoms with Gasteiger partial charge in [-0.15, -0.1) is 0 Å². The first-order valence-corrected chi connectivity index (χ1v) is 16.8. The minimum atomic E-state index is -0.737. The van der Waals surface area contributed by atoms with Crippen LogP contribution in [0.5, 0.6) is 0 Å². The van der Waals surface area contributed by atoms with Crippen LogP contribution in [0, 0.1) is 29.6 Å². The lowest BCUT2D eigenvalue weighted by atomic mass is 9.82. The van der Waals surface area contributed by atoms with Crippen molar-refractivity contribution >= 4 is 11.8 Å². The Kier molecular flexibility index (Phi) is 10.5. The van der Waals surface area contributed by atoms with Gasteiger partial charge in [-0.3, -0.25) is 4.98 Å². The molecule has 2 N–H and O–H groups in total. The topological polar surface area (TPSA) is 118 Å². The Hall–Kier alpha value is -3.06. The molecule has 0 amide bonds. The Morgan fingerprint density at radius 3 is 2.56 bits per heavy atom. The Morgan fingerprint density at radius 2 is 1.89 bits per heavy atom. The summed E-state index contributed by atoms with van der Waals surface area (Å²) in [6.45, 7) is 12.2. The van der Waals surface area contributed by atoms with Crippen LogP contribution in [0.1, 0.15) is 90.3 Å². The molecule has 0 aromatic carbocycles. The lowest BCUT2D eigenvalue weighted by Crippen LogP contribution is -2.43. The van der Waals surface area contributed by atoms with E-state index in [-0.39, 0.29) is 12.0 Å². The zero-order valence-corrected chi connectivity index (χ0v) is 27.8. The first-order chi connectivity index (χ1) is 21.5. The second-order valence-corrected chi connectivity index (χ2v) is 14.6. The second kappa shape index (κ2) is 14.1. The summed E-state index contributed by atoms with van der Waals surface area (Å²) < 4.78 is 17.1. The molecule has 244 valence electrons. The van der Waals surface area contributed by atoms with E-state index in [0.717, 1.165) is 86.1 Å². The van der Waals surface area contributed by atoms with Gasteiger partial charge in [0.05, 0.1) is 23.8 Å². The van der Waals surface area contributed by atoms with Crippen molar-refractivity contribution in [1.29, 1.82) is 5.26 Å². The van der Waals surface area contributed by atoms with E-state index in [2.05, 4.69) is 36.6 Å². The number of rotatable bonds is 12. The summed E-state index contributed by atoms with van der Waals surface area (Å²) in [5.74, 6) is 1.16. The van der Waals surface area contributed by atoms with Gasteiger partial charge in [0.2, 0.25) is 0 Å². The summed E-state index contributed by atoms with van der Waals surface area (Å²) in [5, 5.41) is 17.0. The molecule has 3 fully saturated rings. The van der Waals surface area contributed by atoms with Crippen LogP contribution in [0.4, 0.5) is 5.82 Å². The summed E-state index contributed by atoms with van der Waals surface area (Å²) in [5.41, 5.74) is 2.59. The molecule has 1 atom stereocenters. The number of anilines is 1. The molecule has 2 saturated carbocycles. The Bertz CT molecular complexity index is 1350. The van der Waals surface area contributed by atoms with Gasteiger partial charge in [-0.05, 0) is 122 Å². The Morgan fingerprint density at radius 1 is 1.16 bits per heavy atom. The highest BCUT2D eigenvalue weighted by atomic mass is 16.6. The molecule has 0 spiro atoms.